The molecule has 0 aliphatic carbocycles. The maximum absolute atomic E-state index is 13.6. The molecular formula is C27H20F2N6O3S. The first-order valence-electron chi connectivity index (χ1n) is 11.5. The Morgan fingerprint density at radius 1 is 0.974 bits per heavy atom. The summed E-state index contributed by atoms with van der Waals surface area (Å²) in [4.78, 5) is 39.0. The van der Waals surface area contributed by atoms with E-state index in [9.17, 15) is 23.5 Å². The number of hydrogen-bond donors (Lipinski definition) is 4. The number of carboxylic acids is 1. The van der Waals surface area contributed by atoms with Crippen LogP contribution < -0.4 is 16.8 Å². The van der Waals surface area contributed by atoms with Gasteiger partial charge in [0.15, 0.2) is 11.6 Å². The minimum Gasteiger partial charge on any atom is -0.478 e. The number of amides is 1. The van der Waals surface area contributed by atoms with E-state index in [1.807, 2.05) is 30.3 Å². The number of benzene rings is 2. The lowest BCUT2D eigenvalue weighted by Crippen LogP contribution is -2.27. The Kier molecular flexibility index (Phi) is 6.86. The summed E-state index contributed by atoms with van der Waals surface area (Å²) in [6.07, 6.45) is 2.71. The predicted octanol–water partition coefficient (Wildman–Crippen LogP) is 4.41. The van der Waals surface area contributed by atoms with Gasteiger partial charge in [0.25, 0.3) is 5.91 Å². The normalized spacial score (nSPS) is 11.0. The number of carbonyl (C=O) groups is 2. The van der Waals surface area contributed by atoms with Crippen LogP contribution in [0.2, 0.25) is 0 Å². The number of thiophene rings is 1. The van der Waals surface area contributed by atoms with E-state index in [-0.39, 0.29) is 35.5 Å². The Balaban J connectivity index is 1.43. The van der Waals surface area contributed by atoms with Gasteiger partial charge in [-0.15, -0.1) is 11.3 Å². The molecule has 3 heterocycles. The number of rotatable bonds is 7. The summed E-state index contributed by atoms with van der Waals surface area (Å²) in [6.45, 7) is -0.135. The Hall–Kier alpha value is -4.97. The lowest BCUT2D eigenvalue weighted by Gasteiger charge is -2.13. The minimum absolute atomic E-state index is 0.0944. The number of aromatic carboxylic acids is 1. The summed E-state index contributed by atoms with van der Waals surface area (Å²) in [7, 11) is 0. The van der Waals surface area contributed by atoms with E-state index in [2.05, 4.69) is 20.3 Å². The molecule has 1 amide bonds. The van der Waals surface area contributed by atoms with Crippen molar-refractivity contribution in [2.45, 2.75) is 13.0 Å². The Morgan fingerprint density at radius 2 is 1.79 bits per heavy atom. The highest BCUT2D eigenvalue weighted by Crippen LogP contribution is 2.33. The number of carbonyl (C=O) groups excluding carboxylic acids is 1. The van der Waals surface area contributed by atoms with E-state index in [1.165, 1.54) is 23.7 Å². The molecule has 0 aliphatic heterocycles. The molecule has 0 fully saturated rings. The largest absolute Gasteiger partial charge is 0.478 e. The molecule has 3 aromatic heterocycles. The van der Waals surface area contributed by atoms with Gasteiger partial charge >= 0.3 is 5.97 Å². The van der Waals surface area contributed by atoms with Crippen molar-refractivity contribution in [1.82, 2.24) is 20.3 Å². The molecular weight excluding hydrogens is 526 g/mol. The van der Waals surface area contributed by atoms with Gasteiger partial charge in [0.2, 0.25) is 0 Å². The van der Waals surface area contributed by atoms with E-state index in [4.69, 9.17) is 11.5 Å². The van der Waals surface area contributed by atoms with Crippen molar-refractivity contribution in [3.8, 4) is 10.4 Å². The number of anilines is 2. The highest BCUT2D eigenvalue weighted by Gasteiger charge is 2.23. The second-order valence-electron chi connectivity index (χ2n) is 8.58. The minimum atomic E-state index is -1.33. The molecule has 0 atom stereocenters. The van der Waals surface area contributed by atoms with E-state index in [0.29, 0.717) is 11.4 Å². The van der Waals surface area contributed by atoms with Gasteiger partial charge in [-0.1, -0.05) is 12.1 Å². The van der Waals surface area contributed by atoms with Gasteiger partial charge in [-0.2, -0.15) is 0 Å². The molecule has 5 rings (SSSR count). The van der Waals surface area contributed by atoms with Crippen LogP contribution in [-0.2, 0) is 13.0 Å². The second-order valence-corrected chi connectivity index (χ2v) is 9.75. The van der Waals surface area contributed by atoms with Crippen LogP contribution in [0.1, 0.15) is 36.9 Å². The summed E-state index contributed by atoms with van der Waals surface area (Å²) < 4.78 is 26.8. The van der Waals surface area contributed by atoms with Crippen LogP contribution in [0.25, 0.3) is 21.3 Å². The molecule has 0 saturated heterocycles. The van der Waals surface area contributed by atoms with Crippen molar-refractivity contribution in [2.24, 2.45) is 0 Å². The zero-order valence-electron chi connectivity index (χ0n) is 20.1. The van der Waals surface area contributed by atoms with Gasteiger partial charge in [-0.3, -0.25) is 9.78 Å². The van der Waals surface area contributed by atoms with Crippen molar-refractivity contribution in [2.75, 3.05) is 11.5 Å². The number of hydrogen-bond acceptors (Lipinski definition) is 8. The Morgan fingerprint density at radius 3 is 2.56 bits per heavy atom. The molecule has 196 valence electrons. The molecule has 12 heteroatoms. The number of nitrogens with two attached hydrogens (primary N) is 2. The smallest absolute Gasteiger partial charge is 0.339 e. The fourth-order valence-electron chi connectivity index (χ4n) is 4.07. The molecule has 2 aromatic carbocycles. The van der Waals surface area contributed by atoms with Gasteiger partial charge in [0.05, 0.1) is 22.5 Å². The molecule has 0 aliphatic rings. The van der Waals surface area contributed by atoms with Crippen LogP contribution in [0.3, 0.4) is 0 Å². The molecule has 0 bridgehead atoms. The summed E-state index contributed by atoms with van der Waals surface area (Å²) in [5, 5.41) is 12.8. The van der Waals surface area contributed by atoms with Crippen molar-refractivity contribution in [3.63, 3.8) is 0 Å². The Labute approximate surface area is 224 Å². The number of nitrogens with zero attached hydrogens (tertiary/aromatic N) is 3. The third-order valence-electron chi connectivity index (χ3n) is 6.05. The second kappa shape index (κ2) is 10.4. The van der Waals surface area contributed by atoms with Crippen LogP contribution in [0.4, 0.5) is 20.3 Å². The van der Waals surface area contributed by atoms with Crippen LogP contribution >= 0.6 is 11.3 Å². The first-order chi connectivity index (χ1) is 18.7. The number of halogens is 2. The molecule has 5 aromatic rings. The lowest BCUT2D eigenvalue weighted by molar-refractivity contribution is 0.0697. The van der Waals surface area contributed by atoms with Crippen LogP contribution in [0, 0.1) is 11.6 Å². The predicted molar refractivity (Wildman–Crippen MR) is 143 cm³/mol. The molecule has 0 spiro atoms. The summed E-state index contributed by atoms with van der Waals surface area (Å²) >= 11 is 1.46. The summed E-state index contributed by atoms with van der Waals surface area (Å²) in [5.41, 5.74) is 13.7. The van der Waals surface area contributed by atoms with E-state index >= 15 is 0 Å². The monoisotopic (exact) mass is 546 g/mol. The first-order valence-corrected chi connectivity index (χ1v) is 12.3. The van der Waals surface area contributed by atoms with Gasteiger partial charge in [0.1, 0.15) is 17.7 Å². The molecule has 6 N–H and O–H groups in total. The van der Waals surface area contributed by atoms with Crippen LogP contribution in [0.5, 0.6) is 0 Å². The van der Waals surface area contributed by atoms with E-state index < -0.39 is 23.5 Å². The van der Waals surface area contributed by atoms with Crippen LogP contribution in [0.15, 0.2) is 61.1 Å². The number of nitrogen functional groups attached to an aromatic ring is 2. The number of fused-ring (bicyclic) bond motifs is 1. The molecule has 0 radical (unpaired) electrons. The highest BCUT2D eigenvalue weighted by atomic mass is 32.1. The topological polar surface area (TPSA) is 157 Å². The number of aromatic nitrogens is 3. The van der Waals surface area contributed by atoms with Crippen molar-refractivity contribution in [3.05, 3.63) is 100.0 Å². The van der Waals surface area contributed by atoms with Gasteiger partial charge in [-0.25, -0.2) is 23.5 Å². The first kappa shape index (κ1) is 25.7. The molecule has 0 unspecified atom stereocenters. The number of pyridine rings is 1. The van der Waals surface area contributed by atoms with Gasteiger partial charge in [-0.05, 0) is 47.5 Å². The quantitative estimate of drug-likeness (QED) is 0.234. The van der Waals surface area contributed by atoms with Crippen LogP contribution in [-0.4, -0.2) is 31.9 Å². The zero-order valence-corrected chi connectivity index (χ0v) is 20.9. The van der Waals surface area contributed by atoms with Crippen molar-refractivity contribution in [1.29, 1.82) is 0 Å². The number of nitrogens with one attached hydrogen (secondary N) is 1. The standard InChI is InChI=1S/C27H20F2N6O3S/c28-18-4-1-13(7-19(18)29)10-33-26(36)23-21(32-11-17(24(23)30)27(37)38)9-15-3-6-22(39-15)14-2-5-20-16(8-14)25(31)35-12-34-20/h1-8,11-12H,9-10H2,(H2,30,32)(H,33,36)(H,37,38)(H2,31,34,35). The fraction of sp³-hybridized carbons (Fsp3) is 0.0741. The van der Waals surface area contributed by atoms with E-state index in [0.717, 1.165) is 44.6 Å². The third-order valence-corrected chi connectivity index (χ3v) is 7.18. The summed E-state index contributed by atoms with van der Waals surface area (Å²) in [6, 6.07) is 12.7. The SMILES string of the molecule is Nc1c(C(=O)O)cnc(Cc2ccc(-c3ccc4ncnc(N)c4c3)s2)c1C(=O)NCc1ccc(F)c(F)c1. The maximum atomic E-state index is 13.6. The number of carboxylic acid groups (broad SMARTS) is 1. The highest BCUT2D eigenvalue weighted by molar-refractivity contribution is 7.15. The Bertz CT molecular complexity index is 1760. The average Bonchev–Trinajstić information content (AvgIpc) is 3.38. The van der Waals surface area contributed by atoms with Crippen molar-refractivity contribution >= 4 is 45.6 Å². The molecule has 39 heavy (non-hydrogen) atoms. The zero-order chi connectivity index (χ0) is 27.7. The molecule has 9 nitrogen and oxygen atoms in total. The van der Waals surface area contributed by atoms with Gasteiger partial charge < -0.3 is 21.9 Å². The third kappa shape index (κ3) is 5.22. The van der Waals surface area contributed by atoms with Gasteiger partial charge in [0, 0.05) is 34.3 Å². The lowest BCUT2D eigenvalue weighted by atomic mass is 10.0. The fourth-order valence-corrected chi connectivity index (χ4v) is 5.08. The average molecular weight is 547 g/mol. The van der Waals surface area contributed by atoms with Crippen molar-refractivity contribution < 1.29 is 23.5 Å². The van der Waals surface area contributed by atoms with E-state index in [1.54, 1.807) is 0 Å². The summed E-state index contributed by atoms with van der Waals surface area (Å²) in [5.74, 6) is -3.71. The molecule has 0 saturated carbocycles. The maximum Gasteiger partial charge on any atom is 0.339 e.